The Balaban J connectivity index is 1.26. The molecule has 0 fully saturated rings. The molecule has 0 amide bonds. The molecule has 1 aliphatic carbocycles. The van der Waals surface area contributed by atoms with Crippen molar-refractivity contribution in [2.24, 2.45) is 0 Å². The van der Waals surface area contributed by atoms with Gasteiger partial charge in [0.1, 0.15) is 0 Å². The second-order valence-corrected chi connectivity index (χ2v) is 17.2. The van der Waals surface area contributed by atoms with Gasteiger partial charge in [-0.2, -0.15) is 0 Å². The van der Waals surface area contributed by atoms with Crippen molar-refractivity contribution in [2.75, 3.05) is 5.32 Å². The molecule has 1 aliphatic heterocycles. The molecule has 2 aliphatic rings. The van der Waals surface area contributed by atoms with Crippen LogP contribution in [0, 0.1) is 13.8 Å². The van der Waals surface area contributed by atoms with Gasteiger partial charge in [-0.25, -0.2) is 0 Å². The van der Waals surface area contributed by atoms with Gasteiger partial charge in [0.2, 0.25) is 0 Å². The van der Waals surface area contributed by atoms with E-state index in [-0.39, 0.29) is 10.8 Å². The highest BCUT2D eigenvalue weighted by Crippen LogP contribution is 2.50. The molecule has 0 unspecified atom stereocenters. The highest BCUT2D eigenvalue weighted by Gasteiger charge is 2.38. The molecule has 0 saturated heterocycles. The van der Waals surface area contributed by atoms with Crippen LogP contribution in [-0.2, 0) is 10.8 Å². The third-order valence-electron chi connectivity index (χ3n) is 12.1. The van der Waals surface area contributed by atoms with Crippen LogP contribution in [0.4, 0.5) is 11.4 Å². The molecule has 6 aromatic carbocycles. The fourth-order valence-corrected chi connectivity index (χ4v) is 10.7. The van der Waals surface area contributed by atoms with Crippen LogP contribution in [0.25, 0.3) is 58.8 Å². The Morgan fingerprint density at radius 1 is 0.700 bits per heavy atom. The second kappa shape index (κ2) is 10.4. The number of rotatable bonds is 3. The van der Waals surface area contributed by atoms with Gasteiger partial charge in [-0.05, 0) is 101 Å². The van der Waals surface area contributed by atoms with Crippen LogP contribution in [0.15, 0.2) is 103 Å². The number of fused-ring (bicyclic) bond motifs is 9. The van der Waals surface area contributed by atoms with E-state index in [4.69, 9.17) is 0 Å². The van der Waals surface area contributed by atoms with Crippen LogP contribution in [0.1, 0.15) is 62.8 Å². The van der Waals surface area contributed by atoms with Gasteiger partial charge in [0.05, 0.1) is 11.2 Å². The minimum atomic E-state index is 0.129. The Kier molecular flexibility index (Phi) is 6.24. The van der Waals surface area contributed by atoms with Gasteiger partial charge in [0.25, 0.3) is 0 Å². The van der Waals surface area contributed by atoms with E-state index in [0.29, 0.717) is 0 Å². The highest BCUT2D eigenvalue weighted by molar-refractivity contribution is 7.26. The monoisotopic (exact) mass is 664 g/mol. The van der Waals surface area contributed by atoms with Crippen LogP contribution >= 0.6 is 11.3 Å². The minimum Gasteiger partial charge on any atom is -0.354 e. The van der Waals surface area contributed by atoms with Crippen LogP contribution < -0.4 is 16.2 Å². The van der Waals surface area contributed by atoms with Crippen molar-refractivity contribution in [1.82, 2.24) is 4.57 Å². The van der Waals surface area contributed by atoms with Crippen molar-refractivity contribution in [1.29, 1.82) is 0 Å². The lowest BCUT2D eigenvalue weighted by Crippen LogP contribution is -2.37. The number of anilines is 2. The van der Waals surface area contributed by atoms with Crippen molar-refractivity contribution in [3.8, 4) is 16.8 Å². The number of para-hydroxylation sites is 2. The minimum absolute atomic E-state index is 0.129. The zero-order chi connectivity index (χ0) is 34.1. The van der Waals surface area contributed by atoms with Gasteiger partial charge >= 0.3 is 0 Å². The maximum Gasteiger partial charge on any atom is 0.198 e. The molecule has 0 radical (unpaired) electrons. The molecule has 2 aromatic heterocycles. The Hall–Kier alpha value is -4.80. The first-order valence-electron chi connectivity index (χ1n) is 18.1. The van der Waals surface area contributed by atoms with Crippen molar-refractivity contribution in [3.63, 3.8) is 0 Å². The van der Waals surface area contributed by atoms with Crippen LogP contribution in [0.3, 0.4) is 0 Å². The topological polar surface area (TPSA) is 17.0 Å². The summed E-state index contributed by atoms with van der Waals surface area (Å²) < 4.78 is 5.19. The number of hydrogen-bond acceptors (Lipinski definition) is 2. The summed E-state index contributed by atoms with van der Waals surface area (Å²) in [6, 6.07) is 39.1. The number of aryl methyl sites for hydroxylation is 1. The number of hydrogen-bond donors (Lipinski definition) is 1. The molecule has 8 aromatic rings. The number of thiophene rings is 1. The molecule has 244 valence electrons. The molecule has 0 atom stereocenters. The molecular weight excluding hydrogens is 623 g/mol. The van der Waals surface area contributed by atoms with Gasteiger partial charge < -0.3 is 9.88 Å². The summed E-state index contributed by atoms with van der Waals surface area (Å²) in [7, 11) is 0.904. The summed E-state index contributed by atoms with van der Waals surface area (Å²) in [6.07, 6.45) is 2.42. The van der Waals surface area contributed by atoms with E-state index in [2.05, 4.69) is 155 Å². The van der Waals surface area contributed by atoms with Gasteiger partial charge in [0, 0.05) is 53.4 Å². The Morgan fingerprint density at radius 2 is 1.46 bits per heavy atom. The first kappa shape index (κ1) is 30.1. The van der Waals surface area contributed by atoms with E-state index in [0.717, 1.165) is 7.28 Å². The third-order valence-corrected chi connectivity index (χ3v) is 13.2. The zero-order valence-electron chi connectivity index (χ0n) is 29.8. The second-order valence-electron chi connectivity index (χ2n) is 16.2. The first-order chi connectivity index (χ1) is 24.1. The fraction of sp³-hybridized carbons (Fsp3) is 0.217. The lowest BCUT2D eigenvalue weighted by atomic mass is 9.59. The summed E-state index contributed by atoms with van der Waals surface area (Å²) in [4.78, 5) is 0. The maximum atomic E-state index is 4.17. The zero-order valence-corrected chi connectivity index (χ0v) is 30.6. The van der Waals surface area contributed by atoms with E-state index >= 15 is 0 Å². The largest absolute Gasteiger partial charge is 0.354 e. The van der Waals surface area contributed by atoms with Gasteiger partial charge in [-0.1, -0.05) is 106 Å². The molecule has 0 saturated carbocycles. The van der Waals surface area contributed by atoms with Crippen LogP contribution in [0.2, 0.25) is 0 Å². The number of benzene rings is 6. The van der Waals surface area contributed by atoms with E-state index in [1.165, 1.54) is 116 Å². The summed E-state index contributed by atoms with van der Waals surface area (Å²) >= 11 is 1.89. The average molecular weight is 665 g/mol. The van der Waals surface area contributed by atoms with Crippen molar-refractivity contribution >= 4 is 82.9 Å². The standard InChI is InChI=1S/C46H41BN2S/c1-26-24-32(42-37(25-26)49-36-16-9-7-12-28(36)30-14-11-15-34(47-42)44(30)49)29-18-21-39-40(31-13-8-10-17-38(31)50-39)43(29)48-35-20-19-33-41(27(35)2)46(5,6)23-22-45(33,3)4/h7-21,24-25,47-48H,22-23H2,1-6H3. The number of nitrogens with zero attached hydrogens (tertiary/aromatic N) is 1. The summed E-state index contributed by atoms with van der Waals surface area (Å²) in [5.41, 5.74) is 17.7. The summed E-state index contributed by atoms with van der Waals surface area (Å²) in [5.74, 6) is 0. The Morgan fingerprint density at radius 3 is 2.32 bits per heavy atom. The normalized spacial score (nSPS) is 15.7. The average Bonchev–Trinajstić information content (AvgIpc) is 3.65. The SMILES string of the molecule is Cc1cc(-c2ccc3sc4ccccc4c3c2Nc2ccc3c(c2C)C(C)(C)CCC3(C)C)c2c(c1)-n1c3ccccc3c3cccc(c31)B2. The highest BCUT2D eigenvalue weighted by atomic mass is 32.1. The molecule has 2 nitrogen and oxygen atoms in total. The van der Waals surface area contributed by atoms with Crippen molar-refractivity contribution in [2.45, 2.75) is 65.2 Å². The molecular formula is C46H41BN2S. The molecule has 3 heterocycles. The van der Waals surface area contributed by atoms with Gasteiger partial charge in [-0.3, -0.25) is 0 Å². The number of aromatic nitrogens is 1. The molecule has 1 N–H and O–H groups in total. The molecule has 0 bridgehead atoms. The Labute approximate surface area is 299 Å². The fourth-order valence-electron chi connectivity index (χ4n) is 9.57. The molecule has 10 rings (SSSR count). The lowest BCUT2D eigenvalue weighted by molar-refractivity contribution is 0.330. The van der Waals surface area contributed by atoms with E-state index in [1.54, 1.807) is 0 Å². The predicted octanol–water partition coefficient (Wildman–Crippen LogP) is 11.2. The predicted molar refractivity (Wildman–Crippen MR) is 220 cm³/mol. The first-order valence-corrected chi connectivity index (χ1v) is 18.9. The molecule has 0 spiro atoms. The van der Waals surface area contributed by atoms with Crippen molar-refractivity contribution in [3.05, 3.63) is 125 Å². The maximum absolute atomic E-state index is 4.17. The van der Waals surface area contributed by atoms with E-state index in [1.807, 2.05) is 11.3 Å². The third kappa shape index (κ3) is 4.15. The van der Waals surface area contributed by atoms with Gasteiger partial charge in [0.15, 0.2) is 7.28 Å². The van der Waals surface area contributed by atoms with Crippen LogP contribution in [-0.4, -0.2) is 11.8 Å². The lowest BCUT2D eigenvalue weighted by Gasteiger charge is -2.43. The number of nitrogens with one attached hydrogen (secondary N) is 1. The smallest absolute Gasteiger partial charge is 0.198 e. The molecule has 4 heteroatoms. The summed E-state index contributed by atoms with van der Waals surface area (Å²) in [5, 5.41) is 9.47. The molecule has 50 heavy (non-hydrogen) atoms. The van der Waals surface area contributed by atoms with E-state index in [9.17, 15) is 0 Å². The Bertz CT molecular complexity index is 2740. The van der Waals surface area contributed by atoms with E-state index < -0.39 is 0 Å². The summed E-state index contributed by atoms with van der Waals surface area (Å²) in [6.45, 7) is 14.3. The van der Waals surface area contributed by atoms with Gasteiger partial charge in [-0.15, -0.1) is 11.3 Å². The van der Waals surface area contributed by atoms with Crippen LogP contribution in [0.5, 0.6) is 0 Å². The van der Waals surface area contributed by atoms with Crippen molar-refractivity contribution < 1.29 is 0 Å². The quantitative estimate of drug-likeness (QED) is 0.186.